The molecule has 0 saturated heterocycles. The van der Waals surface area contributed by atoms with Gasteiger partial charge in [-0.15, -0.1) is 12.1 Å². The number of rotatable bonds is 1. The van der Waals surface area contributed by atoms with Crippen molar-refractivity contribution in [1.29, 1.82) is 0 Å². The maximum Gasteiger partial charge on any atom is 0.271 e. The van der Waals surface area contributed by atoms with Gasteiger partial charge in [-0.25, -0.2) is 9.97 Å². The molecule has 5 heterocycles. The van der Waals surface area contributed by atoms with Gasteiger partial charge in [-0.2, -0.15) is 26.6 Å². The van der Waals surface area contributed by atoms with E-state index in [2.05, 4.69) is 56.3 Å². The van der Waals surface area contributed by atoms with E-state index >= 15 is 0 Å². The van der Waals surface area contributed by atoms with E-state index in [0.717, 1.165) is 44.8 Å². The van der Waals surface area contributed by atoms with Crippen molar-refractivity contribution in [3.8, 4) is 0 Å². The summed E-state index contributed by atoms with van der Waals surface area (Å²) in [5.74, 6) is 0. The maximum absolute atomic E-state index is 10.4. The number of hydrogen-bond acceptors (Lipinski definition) is 4. The van der Waals surface area contributed by atoms with E-state index in [0.29, 0.717) is 0 Å². The summed E-state index contributed by atoms with van der Waals surface area (Å²) < 4.78 is 29.2. The molecule has 2 aliphatic heterocycles. The number of nitrogens with zero attached hydrogens (tertiary/aromatic N) is 2. The monoisotopic (exact) mass is 526 g/mol. The summed E-state index contributed by atoms with van der Waals surface area (Å²) in [6.45, 7) is 0. The topological polar surface area (TPSA) is 112 Å². The summed E-state index contributed by atoms with van der Waals surface area (Å²) in [7, 11) is -4.02. The first-order valence-corrected chi connectivity index (χ1v) is 11.8. The molecule has 8 bridgehead atoms. The Hall–Kier alpha value is -3.76. The molecule has 4 aromatic rings. The summed E-state index contributed by atoms with van der Waals surface area (Å²) in [5.41, 5.74) is 7.86. The van der Waals surface area contributed by atoms with E-state index in [1.807, 2.05) is 42.5 Å². The van der Waals surface area contributed by atoms with Crippen LogP contribution in [0.5, 0.6) is 0 Å². The van der Waals surface area contributed by atoms with Crippen molar-refractivity contribution in [1.82, 2.24) is 19.9 Å². The molecule has 3 aromatic heterocycles. The summed E-state index contributed by atoms with van der Waals surface area (Å²) in [4.78, 5) is 15.9. The van der Waals surface area contributed by atoms with Crippen LogP contribution < -0.4 is 0 Å². The fourth-order valence-corrected chi connectivity index (χ4v) is 3.97. The van der Waals surface area contributed by atoms with Gasteiger partial charge in [0.25, 0.3) is 10.1 Å². The zero-order chi connectivity index (χ0) is 23.5. The third kappa shape index (κ3) is 6.22. The molecule has 0 aliphatic carbocycles. The number of nitrogens with one attached hydrogen (secondary N) is 2. The zero-order valence-electron chi connectivity index (χ0n) is 18.1. The third-order valence-electron chi connectivity index (χ3n) is 5.03. The zero-order valence-corrected chi connectivity index (χ0v) is 20.0. The Morgan fingerprint density at radius 1 is 0.629 bits per heavy atom. The summed E-state index contributed by atoms with van der Waals surface area (Å²) in [6.07, 6.45) is 8.05. The second-order valence-corrected chi connectivity index (χ2v) is 9.04. The molecule has 0 saturated carbocycles. The van der Waals surface area contributed by atoms with Crippen LogP contribution in [-0.4, -0.2) is 32.9 Å². The average molecular weight is 526 g/mol. The van der Waals surface area contributed by atoms with Crippen LogP contribution in [0.4, 0.5) is 0 Å². The quantitative estimate of drug-likeness (QED) is 0.197. The predicted molar refractivity (Wildman–Crippen MR) is 134 cm³/mol. The van der Waals surface area contributed by atoms with Gasteiger partial charge < -0.3 is 9.97 Å². The van der Waals surface area contributed by atoms with Gasteiger partial charge in [0, 0.05) is 38.8 Å². The Balaban J connectivity index is 0.000000224. The number of hydrogen-bond donors (Lipinski definition) is 3. The number of aromatic amines is 2. The minimum absolute atomic E-state index is 0. The summed E-state index contributed by atoms with van der Waals surface area (Å²) >= 11 is 0. The van der Waals surface area contributed by atoms with Crippen molar-refractivity contribution in [2.24, 2.45) is 0 Å². The molecule has 0 atom stereocenters. The molecule has 6 rings (SSSR count). The van der Waals surface area contributed by atoms with Crippen LogP contribution in [0.15, 0.2) is 77.7 Å². The molecule has 2 aliphatic rings. The molecule has 7 nitrogen and oxygen atoms in total. The Labute approximate surface area is 212 Å². The first-order valence-electron chi connectivity index (χ1n) is 10.4. The normalized spacial score (nSPS) is 11.9. The van der Waals surface area contributed by atoms with Crippen LogP contribution in [0, 0.1) is 6.07 Å². The molecule has 0 fully saturated rings. The van der Waals surface area contributed by atoms with Gasteiger partial charge in [0.2, 0.25) is 0 Å². The summed E-state index contributed by atoms with van der Waals surface area (Å²) in [5, 5.41) is 0. The van der Waals surface area contributed by atoms with Crippen LogP contribution in [0.2, 0.25) is 0 Å². The van der Waals surface area contributed by atoms with Crippen LogP contribution >= 0.6 is 0 Å². The molecule has 35 heavy (non-hydrogen) atoms. The first-order chi connectivity index (χ1) is 16.4. The van der Waals surface area contributed by atoms with E-state index in [-0.39, 0.29) is 21.7 Å². The summed E-state index contributed by atoms with van der Waals surface area (Å²) in [6, 6.07) is 24.4. The number of fused-ring (bicyclic) bond motifs is 8. The van der Waals surface area contributed by atoms with E-state index in [4.69, 9.17) is 4.55 Å². The molecule has 0 spiro atoms. The third-order valence-corrected chi connectivity index (χ3v) is 5.90. The molecular weight excluding hydrogens is 507 g/mol. The second-order valence-electron chi connectivity index (χ2n) is 7.62. The smallest absolute Gasteiger partial charge is 0.271 e. The maximum atomic E-state index is 10.4. The molecule has 1 radical (unpaired) electrons. The van der Waals surface area contributed by atoms with Crippen molar-refractivity contribution >= 4 is 56.5 Å². The molecule has 1 aromatic carbocycles. The SMILES string of the molecule is C1=Cc2cc3ccc(cc4ccc(cc5nc(cc1n2)C=C5)[nH]4)[nH]3.O=S(=O)(O)c1cc[c-]cc1.[Co]. The Morgan fingerprint density at radius 3 is 1.43 bits per heavy atom. The van der Waals surface area contributed by atoms with Crippen molar-refractivity contribution < 1.29 is 29.7 Å². The number of aromatic nitrogens is 4. The van der Waals surface area contributed by atoms with Gasteiger partial charge in [0.05, 0.1) is 22.8 Å². The van der Waals surface area contributed by atoms with E-state index < -0.39 is 10.1 Å². The van der Waals surface area contributed by atoms with Crippen molar-refractivity contribution in [2.45, 2.75) is 4.90 Å². The minimum atomic E-state index is -4.02. The largest absolute Gasteiger partial charge is 0.355 e. The van der Waals surface area contributed by atoms with Crippen LogP contribution in [-0.2, 0) is 26.9 Å². The van der Waals surface area contributed by atoms with Gasteiger partial charge in [0.1, 0.15) is 0 Å². The van der Waals surface area contributed by atoms with Crippen molar-refractivity contribution in [3.05, 3.63) is 102 Å². The molecule has 3 N–H and O–H groups in total. The Morgan fingerprint density at radius 2 is 1.03 bits per heavy atom. The minimum Gasteiger partial charge on any atom is -0.355 e. The van der Waals surface area contributed by atoms with E-state index in [9.17, 15) is 8.42 Å². The number of H-pyrrole nitrogens is 2. The van der Waals surface area contributed by atoms with Gasteiger partial charge in [0.15, 0.2) is 0 Å². The van der Waals surface area contributed by atoms with E-state index in [1.165, 1.54) is 24.3 Å². The van der Waals surface area contributed by atoms with Crippen molar-refractivity contribution in [2.75, 3.05) is 0 Å². The van der Waals surface area contributed by atoms with Crippen LogP contribution in [0.1, 0.15) is 22.8 Å². The van der Waals surface area contributed by atoms with Crippen LogP contribution in [0.25, 0.3) is 46.4 Å². The van der Waals surface area contributed by atoms with Crippen molar-refractivity contribution in [3.63, 3.8) is 0 Å². The molecule has 0 unspecified atom stereocenters. The van der Waals surface area contributed by atoms with E-state index in [1.54, 1.807) is 0 Å². The Bertz CT molecular complexity index is 1600. The van der Waals surface area contributed by atoms with Gasteiger partial charge in [-0.1, -0.05) is 0 Å². The molecule has 177 valence electrons. The standard InChI is InChI=1S/C20H14N4.C6H5O3S.Co/c1-2-14-10-16-5-6-18(23-16)12-20-8-7-19(24-20)11-17-4-3-15(22-17)9-13(1)21-14;7-10(8,9)6-4-2-1-3-5-6;/h1-12,21-22H;2-5H,(H,7,8,9);/q;-1;. The molecule has 0 amide bonds. The van der Waals surface area contributed by atoms with Gasteiger partial charge in [-0.05, 0) is 77.7 Å². The molecule has 9 heteroatoms. The molecular formula is C26H19CoN4O3S-. The second kappa shape index (κ2) is 10.2. The number of benzene rings is 1. The predicted octanol–water partition coefficient (Wildman–Crippen LogP) is 5.39. The van der Waals surface area contributed by atoms with Crippen LogP contribution in [0.3, 0.4) is 0 Å². The fourth-order valence-electron chi connectivity index (χ4n) is 3.49. The fraction of sp³-hybridized carbons (Fsp3) is 0. The van der Waals surface area contributed by atoms with Gasteiger partial charge in [-0.3, -0.25) is 4.55 Å². The van der Waals surface area contributed by atoms with Gasteiger partial charge >= 0.3 is 0 Å². The average Bonchev–Trinajstić information content (AvgIpc) is 3.60. The first kappa shape index (κ1) is 24.4. The Kier molecular flexibility index (Phi) is 7.13.